The lowest BCUT2D eigenvalue weighted by Gasteiger charge is -2.28. The van der Waals surface area contributed by atoms with Crippen molar-refractivity contribution in [3.8, 4) is 23.0 Å². The Bertz CT molecular complexity index is 1370. The van der Waals surface area contributed by atoms with E-state index in [1.54, 1.807) is 54.6 Å². The molecule has 3 aromatic rings. The SMILES string of the molecule is COc1ccc(CN(C(=O)/C=C/C(=O)O)c2ccc(Cl)cc2C(O)c2cccc3c2OCCO3)c(OC)c1. The summed E-state index contributed by atoms with van der Waals surface area (Å²) < 4.78 is 22.2. The van der Waals surface area contributed by atoms with Gasteiger partial charge in [0, 0.05) is 39.9 Å². The summed E-state index contributed by atoms with van der Waals surface area (Å²) in [5.74, 6) is 0.0193. The minimum absolute atomic E-state index is 0.0101. The van der Waals surface area contributed by atoms with Crippen molar-refractivity contribution in [3.63, 3.8) is 0 Å². The van der Waals surface area contributed by atoms with Crippen molar-refractivity contribution >= 4 is 29.2 Å². The van der Waals surface area contributed by atoms with Crippen LogP contribution in [-0.4, -0.2) is 49.5 Å². The predicted molar refractivity (Wildman–Crippen MR) is 140 cm³/mol. The van der Waals surface area contributed by atoms with Gasteiger partial charge in [0.15, 0.2) is 11.5 Å². The molecule has 38 heavy (non-hydrogen) atoms. The van der Waals surface area contributed by atoms with E-state index in [0.29, 0.717) is 63.6 Å². The number of benzene rings is 3. The predicted octanol–water partition coefficient (Wildman–Crippen LogP) is 4.38. The fourth-order valence-electron chi connectivity index (χ4n) is 4.14. The highest BCUT2D eigenvalue weighted by Gasteiger charge is 2.27. The fraction of sp³-hybridized carbons (Fsp3) is 0.214. The molecule has 9 nitrogen and oxygen atoms in total. The summed E-state index contributed by atoms with van der Waals surface area (Å²) >= 11 is 6.32. The molecule has 1 aliphatic heterocycles. The molecule has 10 heteroatoms. The second-order valence-electron chi connectivity index (χ2n) is 8.25. The lowest BCUT2D eigenvalue weighted by molar-refractivity contribution is -0.131. The Labute approximate surface area is 224 Å². The number of carboxylic acids is 1. The van der Waals surface area contributed by atoms with E-state index in [4.69, 9.17) is 35.7 Å². The number of hydrogen-bond donors (Lipinski definition) is 2. The average molecular weight is 540 g/mol. The third kappa shape index (κ3) is 5.85. The third-order valence-corrected chi connectivity index (χ3v) is 6.16. The zero-order valence-electron chi connectivity index (χ0n) is 20.7. The number of aliphatic hydroxyl groups excluding tert-OH is 1. The number of hydrogen-bond acceptors (Lipinski definition) is 7. The molecule has 0 spiro atoms. The van der Waals surface area contributed by atoms with Crippen molar-refractivity contribution in [3.05, 3.63) is 88.5 Å². The number of carbonyl (C=O) groups is 2. The molecule has 1 amide bonds. The lowest BCUT2D eigenvalue weighted by Crippen LogP contribution is -2.30. The van der Waals surface area contributed by atoms with Crippen molar-refractivity contribution in [1.29, 1.82) is 0 Å². The second kappa shape index (κ2) is 11.9. The molecule has 1 unspecified atom stereocenters. The number of methoxy groups -OCH3 is 2. The molecule has 0 aromatic heterocycles. The maximum atomic E-state index is 13.4. The van der Waals surface area contributed by atoms with Crippen LogP contribution in [0.25, 0.3) is 0 Å². The molecule has 1 aliphatic rings. The van der Waals surface area contributed by atoms with Crippen LogP contribution in [0.5, 0.6) is 23.0 Å². The third-order valence-electron chi connectivity index (χ3n) is 5.92. The van der Waals surface area contributed by atoms with Gasteiger partial charge in [-0.1, -0.05) is 23.7 Å². The smallest absolute Gasteiger partial charge is 0.328 e. The van der Waals surface area contributed by atoms with Crippen LogP contribution in [0.15, 0.2) is 66.7 Å². The molecular weight excluding hydrogens is 514 g/mol. The molecule has 0 saturated heterocycles. The van der Waals surface area contributed by atoms with Crippen LogP contribution < -0.4 is 23.8 Å². The van der Waals surface area contributed by atoms with Crippen molar-refractivity contribution in [2.75, 3.05) is 32.3 Å². The summed E-state index contributed by atoms with van der Waals surface area (Å²) in [5.41, 5.74) is 1.68. The molecule has 0 bridgehead atoms. The number of nitrogens with zero attached hydrogens (tertiary/aromatic N) is 1. The fourth-order valence-corrected chi connectivity index (χ4v) is 4.32. The zero-order valence-corrected chi connectivity index (χ0v) is 21.5. The Kier molecular flexibility index (Phi) is 8.40. The van der Waals surface area contributed by atoms with E-state index >= 15 is 0 Å². The normalized spacial score (nSPS) is 13.2. The first-order valence-corrected chi connectivity index (χ1v) is 12.0. The number of carboxylic acid groups (broad SMARTS) is 1. The van der Waals surface area contributed by atoms with Crippen LogP contribution in [0.2, 0.25) is 5.02 Å². The van der Waals surface area contributed by atoms with Crippen molar-refractivity contribution in [1.82, 2.24) is 0 Å². The summed E-state index contributed by atoms with van der Waals surface area (Å²) in [5, 5.41) is 21.0. The van der Waals surface area contributed by atoms with Crippen LogP contribution in [0.1, 0.15) is 22.8 Å². The van der Waals surface area contributed by atoms with Gasteiger partial charge < -0.3 is 34.1 Å². The maximum absolute atomic E-state index is 13.4. The number of rotatable bonds is 9. The Morgan fingerprint density at radius 2 is 1.82 bits per heavy atom. The van der Waals surface area contributed by atoms with Crippen LogP contribution >= 0.6 is 11.6 Å². The Morgan fingerprint density at radius 1 is 1.03 bits per heavy atom. The summed E-state index contributed by atoms with van der Waals surface area (Å²) in [7, 11) is 3.02. The number of aliphatic hydroxyl groups is 1. The standard InChI is InChI=1S/C28H26ClNO8/c1-35-19-8-6-17(24(15-19)36-2)16-30(25(31)10-11-26(32)33)22-9-7-18(29)14-21(22)27(34)20-4-3-5-23-28(20)38-13-12-37-23/h3-11,14-15,27,34H,12-13,16H2,1-2H3,(H,32,33)/b11-10+. The minimum atomic E-state index is -1.27. The van der Waals surface area contributed by atoms with E-state index in [9.17, 15) is 14.7 Å². The van der Waals surface area contributed by atoms with Gasteiger partial charge in [-0.2, -0.15) is 0 Å². The second-order valence-corrected chi connectivity index (χ2v) is 8.69. The number of aliphatic carboxylic acids is 1. The first kappa shape index (κ1) is 26.8. The van der Waals surface area contributed by atoms with Gasteiger partial charge in [0.1, 0.15) is 30.8 Å². The molecule has 0 saturated carbocycles. The quantitative estimate of drug-likeness (QED) is 0.385. The average Bonchev–Trinajstić information content (AvgIpc) is 2.94. The summed E-state index contributed by atoms with van der Waals surface area (Å²) in [6, 6.07) is 15.0. The van der Waals surface area contributed by atoms with Gasteiger partial charge in [0.2, 0.25) is 0 Å². The summed E-state index contributed by atoms with van der Waals surface area (Å²) in [6.07, 6.45) is 0.451. The lowest BCUT2D eigenvalue weighted by atomic mass is 9.97. The molecule has 0 fully saturated rings. The monoisotopic (exact) mass is 539 g/mol. The highest BCUT2D eigenvalue weighted by atomic mass is 35.5. The van der Waals surface area contributed by atoms with Gasteiger partial charge in [0.25, 0.3) is 5.91 Å². The van der Waals surface area contributed by atoms with Crippen molar-refractivity contribution < 1.29 is 38.7 Å². The number of amides is 1. The minimum Gasteiger partial charge on any atom is -0.497 e. The molecule has 0 radical (unpaired) electrons. The number of carbonyl (C=O) groups excluding carboxylic acids is 1. The highest BCUT2D eigenvalue weighted by Crippen LogP contribution is 2.42. The van der Waals surface area contributed by atoms with E-state index in [1.807, 2.05) is 0 Å². The topological polar surface area (TPSA) is 115 Å². The molecular formula is C28H26ClNO8. The van der Waals surface area contributed by atoms with E-state index in [0.717, 1.165) is 12.2 Å². The van der Waals surface area contributed by atoms with Gasteiger partial charge in [-0.15, -0.1) is 0 Å². The van der Waals surface area contributed by atoms with Crippen LogP contribution in [0.3, 0.4) is 0 Å². The molecule has 4 rings (SSSR count). The molecule has 2 N–H and O–H groups in total. The number of para-hydroxylation sites is 1. The Hall–Kier alpha value is -4.21. The van der Waals surface area contributed by atoms with Gasteiger partial charge in [-0.25, -0.2) is 4.79 Å². The molecule has 1 heterocycles. The van der Waals surface area contributed by atoms with Gasteiger partial charge >= 0.3 is 5.97 Å². The first-order chi connectivity index (χ1) is 18.3. The molecule has 3 aromatic carbocycles. The van der Waals surface area contributed by atoms with E-state index in [2.05, 4.69) is 0 Å². The number of ether oxygens (including phenoxy) is 4. The van der Waals surface area contributed by atoms with Crippen molar-refractivity contribution in [2.24, 2.45) is 0 Å². The summed E-state index contributed by atoms with van der Waals surface area (Å²) in [6.45, 7) is 0.696. The van der Waals surface area contributed by atoms with E-state index in [-0.39, 0.29) is 6.54 Å². The van der Waals surface area contributed by atoms with Crippen LogP contribution in [0, 0.1) is 0 Å². The number of fused-ring (bicyclic) bond motifs is 1. The van der Waals surface area contributed by atoms with Gasteiger partial charge in [-0.3, -0.25) is 4.79 Å². The van der Waals surface area contributed by atoms with Crippen LogP contribution in [-0.2, 0) is 16.1 Å². The van der Waals surface area contributed by atoms with E-state index in [1.165, 1.54) is 19.1 Å². The number of anilines is 1. The molecule has 1 atom stereocenters. The van der Waals surface area contributed by atoms with Gasteiger partial charge in [-0.05, 0) is 36.4 Å². The molecule has 0 aliphatic carbocycles. The Balaban J connectivity index is 1.83. The zero-order chi connectivity index (χ0) is 27.2. The van der Waals surface area contributed by atoms with Gasteiger partial charge in [0.05, 0.1) is 26.5 Å². The van der Waals surface area contributed by atoms with Crippen molar-refractivity contribution in [2.45, 2.75) is 12.6 Å². The first-order valence-electron chi connectivity index (χ1n) is 11.6. The van der Waals surface area contributed by atoms with Crippen LogP contribution in [0.4, 0.5) is 5.69 Å². The van der Waals surface area contributed by atoms with E-state index < -0.39 is 18.0 Å². The molecule has 198 valence electrons. The highest BCUT2D eigenvalue weighted by molar-refractivity contribution is 6.30. The maximum Gasteiger partial charge on any atom is 0.328 e. The number of halogens is 1. The Morgan fingerprint density at radius 3 is 2.55 bits per heavy atom. The summed E-state index contributed by atoms with van der Waals surface area (Å²) in [4.78, 5) is 25.9. The largest absolute Gasteiger partial charge is 0.497 e.